The van der Waals surface area contributed by atoms with Gasteiger partial charge in [-0.3, -0.25) is 14.6 Å². The fourth-order valence-electron chi connectivity index (χ4n) is 3.75. The van der Waals surface area contributed by atoms with Crippen LogP contribution in [-0.4, -0.2) is 24.7 Å². The molecule has 0 amide bonds. The Labute approximate surface area is 190 Å². The first-order valence-electron chi connectivity index (χ1n) is 10.9. The molecule has 0 saturated heterocycles. The molecule has 8 heteroatoms. The molecule has 0 atom stereocenters. The molecule has 0 spiro atoms. The summed E-state index contributed by atoms with van der Waals surface area (Å²) in [5, 5.41) is 7.32. The van der Waals surface area contributed by atoms with Gasteiger partial charge in [0.25, 0.3) is 0 Å². The summed E-state index contributed by atoms with van der Waals surface area (Å²) in [6, 6.07) is 9.72. The Morgan fingerprint density at radius 1 is 1.03 bits per heavy atom. The highest BCUT2D eigenvalue weighted by Crippen LogP contribution is 2.40. The van der Waals surface area contributed by atoms with Crippen LogP contribution < -0.4 is 5.32 Å². The van der Waals surface area contributed by atoms with Gasteiger partial charge < -0.3 is 5.32 Å². The number of pyridine rings is 1. The lowest BCUT2D eigenvalue weighted by atomic mass is 10.0. The molecule has 3 heterocycles. The van der Waals surface area contributed by atoms with E-state index in [1.54, 1.807) is 17.9 Å². The molecule has 0 radical (unpaired) electrons. The van der Waals surface area contributed by atoms with E-state index in [9.17, 15) is 4.39 Å². The molecule has 5 rings (SSSR count). The van der Waals surface area contributed by atoms with Gasteiger partial charge in [0, 0.05) is 18.8 Å². The third-order valence-electron chi connectivity index (χ3n) is 5.82. The van der Waals surface area contributed by atoms with Crippen LogP contribution in [0.25, 0.3) is 22.4 Å². The molecule has 1 aliphatic rings. The molecule has 0 bridgehead atoms. The van der Waals surface area contributed by atoms with Crippen molar-refractivity contribution in [3.05, 3.63) is 72.2 Å². The van der Waals surface area contributed by atoms with Gasteiger partial charge in [-0.2, -0.15) is 5.10 Å². The quantitative estimate of drug-likeness (QED) is 0.399. The first-order valence-corrected chi connectivity index (χ1v) is 10.9. The predicted octanol–water partition coefficient (Wildman–Crippen LogP) is 5.90. The van der Waals surface area contributed by atoms with Crippen molar-refractivity contribution < 1.29 is 8.78 Å². The van der Waals surface area contributed by atoms with Gasteiger partial charge >= 0.3 is 0 Å². The highest BCUT2D eigenvalue weighted by Gasteiger charge is 2.24. The van der Waals surface area contributed by atoms with Crippen LogP contribution in [0.15, 0.2) is 55.1 Å². The summed E-state index contributed by atoms with van der Waals surface area (Å²) in [4.78, 5) is 12.8. The minimum Gasteiger partial charge on any atom is -0.323 e. The molecule has 1 aliphatic carbocycles. The van der Waals surface area contributed by atoms with Crippen molar-refractivity contribution in [2.75, 3.05) is 5.32 Å². The van der Waals surface area contributed by atoms with E-state index in [0.29, 0.717) is 28.7 Å². The van der Waals surface area contributed by atoms with Crippen LogP contribution in [0.3, 0.4) is 0 Å². The number of hydrogen-bond acceptors (Lipinski definition) is 5. The topological polar surface area (TPSA) is 68.5 Å². The van der Waals surface area contributed by atoms with Crippen molar-refractivity contribution in [3.63, 3.8) is 0 Å². The number of nitrogens with one attached hydrogen (secondary N) is 1. The number of halogens is 2. The predicted molar refractivity (Wildman–Crippen MR) is 123 cm³/mol. The molecule has 3 aromatic heterocycles. The van der Waals surface area contributed by atoms with E-state index in [0.717, 1.165) is 5.56 Å². The lowest BCUT2D eigenvalue weighted by Gasteiger charge is -2.15. The lowest BCUT2D eigenvalue weighted by Crippen LogP contribution is -2.13. The van der Waals surface area contributed by atoms with Gasteiger partial charge in [0.2, 0.25) is 0 Å². The number of nitrogens with zero attached hydrogens (tertiary/aromatic N) is 5. The highest BCUT2D eigenvalue weighted by molar-refractivity contribution is 5.77. The van der Waals surface area contributed by atoms with Crippen molar-refractivity contribution in [2.24, 2.45) is 7.05 Å². The van der Waals surface area contributed by atoms with E-state index in [4.69, 9.17) is 0 Å². The van der Waals surface area contributed by atoms with E-state index < -0.39 is 11.5 Å². The number of alkyl halides is 1. The number of hydrogen-bond donors (Lipinski definition) is 1. The molecule has 168 valence electrons. The van der Waals surface area contributed by atoms with Gasteiger partial charge in [-0.25, -0.2) is 13.8 Å². The fourth-order valence-corrected chi connectivity index (χ4v) is 3.75. The maximum Gasteiger partial charge on any atom is 0.150 e. The smallest absolute Gasteiger partial charge is 0.150 e. The average Bonchev–Trinajstić information content (AvgIpc) is 3.59. The zero-order valence-electron chi connectivity index (χ0n) is 18.7. The van der Waals surface area contributed by atoms with Gasteiger partial charge in [0.15, 0.2) is 5.82 Å². The average molecular weight is 447 g/mol. The van der Waals surface area contributed by atoms with Crippen LogP contribution in [0, 0.1) is 5.82 Å². The Kier molecular flexibility index (Phi) is 5.15. The molecule has 1 fully saturated rings. The molecule has 1 N–H and O–H groups in total. The second-order valence-corrected chi connectivity index (χ2v) is 8.87. The molecular formula is C25H24F2N6. The van der Waals surface area contributed by atoms with Crippen LogP contribution in [0.4, 0.5) is 20.4 Å². The third-order valence-corrected chi connectivity index (χ3v) is 5.82. The van der Waals surface area contributed by atoms with Gasteiger partial charge in [-0.1, -0.05) is 24.3 Å². The van der Waals surface area contributed by atoms with Crippen LogP contribution >= 0.6 is 0 Å². The van der Waals surface area contributed by atoms with Crippen molar-refractivity contribution in [1.82, 2.24) is 24.7 Å². The van der Waals surface area contributed by atoms with Gasteiger partial charge in [-0.15, -0.1) is 0 Å². The molecule has 0 aliphatic heterocycles. The SMILES string of the molecule is Cn1ncc(-c2ncc(-c3ccc(C4CC4)cc3)cc2F)c1Nc1cncc(C(C)(C)F)n1. The lowest BCUT2D eigenvalue weighted by molar-refractivity contribution is 0.214. The summed E-state index contributed by atoms with van der Waals surface area (Å²) in [7, 11) is 1.72. The number of aryl methyl sites for hydroxylation is 1. The van der Waals surface area contributed by atoms with Crippen LogP contribution in [-0.2, 0) is 12.7 Å². The van der Waals surface area contributed by atoms with Crippen LogP contribution in [0.5, 0.6) is 0 Å². The van der Waals surface area contributed by atoms with E-state index in [-0.39, 0.29) is 11.4 Å². The van der Waals surface area contributed by atoms with Crippen LogP contribution in [0.2, 0.25) is 0 Å². The second kappa shape index (κ2) is 8.03. The Morgan fingerprint density at radius 3 is 2.45 bits per heavy atom. The summed E-state index contributed by atoms with van der Waals surface area (Å²) in [6.45, 7) is 2.83. The fraction of sp³-hybridized carbons (Fsp3) is 0.280. The maximum atomic E-state index is 15.2. The van der Waals surface area contributed by atoms with Crippen molar-refractivity contribution in [1.29, 1.82) is 0 Å². The molecule has 0 unspecified atom stereocenters. The maximum absolute atomic E-state index is 15.2. The van der Waals surface area contributed by atoms with Gasteiger partial charge in [-0.05, 0) is 49.8 Å². The summed E-state index contributed by atoms with van der Waals surface area (Å²) in [5.41, 5.74) is 2.15. The van der Waals surface area contributed by atoms with Gasteiger partial charge in [0.1, 0.15) is 23.0 Å². The molecule has 1 saturated carbocycles. The first-order chi connectivity index (χ1) is 15.8. The Balaban J connectivity index is 1.44. The molecule has 33 heavy (non-hydrogen) atoms. The highest BCUT2D eigenvalue weighted by atomic mass is 19.1. The number of benzene rings is 1. The molecule has 4 aromatic rings. The molecular weight excluding hydrogens is 422 g/mol. The minimum absolute atomic E-state index is 0.166. The summed E-state index contributed by atoms with van der Waals surface area (Å²) < 4.78 is 31.0. The van der Waals surface area contributed by atoms with E-state index in [2.05, 4.69) is 37.5 Å². The number of anilines is 2. The van der Waals surface area contributed by atoms with E-state index in [1.807, 2.05) is 12.1 Å². The van der Waals surface area contributed by atoms with E-state index in [1.165, 1.54) is 56.9 Å². The molecule has 1 aromatic carbocycles. The minimum atomic E-state index is -1.64. The summed E-state index contributed by atoms with van der Waals surface area (Å²) >= 11 is 0. The zero-order chi connectivity index (χ0) is 23.2. The third kappa shape index (κ3) is 4.33. The first kappa shape index (κ1) is 21.2. The summed E-state index contributed by atoms with van der Waals surface area (Å²) in [6.07, 6.45) is 8.54. The Morgan fingerprint density at radius 2 is 1.79 bits per heavy atom. The van der Waals surface area contributed by atoms with Crippen LogP contribution in [0.1, 0.15) is 43.9 Å². The number of rotatable bonds is 6. The van der Waals surface area contributed by atoms with Crippen molar-refractivity contribution >= 4 is 11.6 Å². The zero-order valence-corrected chi connectivity index (χ0v) is 18.7. The largest absolute Gasteiger partial charge is 0.323 e. The molecule has 6 nitrogen and oxygen atoms in total. The Bertz CT molecular complexity index is 1300. The van der Waals surface area contributed by atoms with E-state index >= 15 is 4.39 Å². The van der Waals surface area contributed by atoms with Crippen molar-refractivity contribution in [3.8, 4) is 22.4 Å². The summed E-state index contributed by atoms with van der Waals surface area (Å²) in [5.74, 6) is 1.02. The Hall–Kier alpha value is -3.68. The number of aromatic nitrogens is 5. The second-order valence-electron chi connectivity index (χ2n) is 8.87. The van der Waals surface area contributed by atoms with Crippen molar-refractivity contribution in [2.45, 2.75) is 38.3 Å². The normalized spacial score (nSPS) is 13.8. The standard InChI is InChI=1S/C25H24F2N6/c1-25(2,27)21-13-28-14-22(31-21)32-24-19(12-30-33(24)3)23-20(26)10-18(11-29-23)17-8-6-16(7-9-17)15-4-5-15/h6-15H,4-5H2,1-3H3,(H,31,32). The van der Waals surface area contributed by atoms with Gasteiger partial charge in [0.05, 0.1) is 29.8 Å². The monoisotopic (exact) mass is 446 g/mol.